The van der Waals surface area contributed by atoms with Gasteiger partial charge in [0.2, 0.25) is 5.95 Å². The fourth-order valence-corrected chi connectivity index (χ4v) is 1.19. The number of hydrogen-bond acceptors (Lipinski definition) is 4. The molecule has 0 bridgehead atoms. The molecule has 0 spiro atoms. The van der Waals surface area contributed by atoms with Gasteiger partial charge in [-0.25, -0.2) is 9.97 Å². The van der Waals surface area contributed by atoms with Crippen LogP contribution >= 0.6 is 15.9 Å². The van der Waals surface area contributed by atoms with E-state index in [0.717, 1.165) is 24.0 Å². The molecule has 0 atom stereocenters. The maximum atomic E-state index is 5.39. The molecular formula is C10H16BrN3O. The van der Waals surface area contributed by atoms with E-state index in [1.807, 2.05) is 0 Å². The van der Waals surface area contributed by atoms with E-state index in [-0.39, 0.29) is 0 Å². The minimum atomic E-state index is 0.636. The summed E-state index contributed by atoms with van der Waals surface area (Å²) in [5, 5.41) is 3.08. The monoisotopic (exact) mass is 273 g/mol. The molecule has 1 aromatic rings. The van der Waals surface area contributed by atoms with Crippen LogP contribution in [0.2, 0.25) is 0 Å². The quantitative estimate of drug-likeness (QED) is 0.776. The molecule has 0 saturated heterocycles. The molecular weight excluding hydrogens is 258 g/mol. The second-order valence-electron chi connectivity index (χ2n) is 3.12. The summed E-state index contributed by atoms with van der Waals surface area (Å²) in [4.78, 5) is 8.18. The third kappa shape index (κ3) is 5.69. The van der Waals surface area contributed by atoms with Gasteiger partial charge in [0.1, 0.15) is 0 Å². The first-order chi connectivity index (χ1) is 7.33. The van der Waals surface area contributed by atoms with Gasteiger partial charge in [0.25, 0.3) is 0 Å². The van der Waals surface area contributed by atoms with Crippen molar-refractivity contribution in [1.29, 1.82) is 0 Å². The van der Waals surface area contributed by atoms with Crippen molar-refractivity contribution in [3.63, 3.8) is 0 Å². The highest BCUT2D eigenvalue weighted by molar-refractivity contribution is 9.10. The molecule has 1 heterocycles. The zero-order valence-electron chi connectivity index (χ0n) is 8.87. The smallest absolute Gasteiger partial charge is 0.222 e. The highest BCUT2D eigenvalue weighted by atomic mass is 79.9. The number of unbranched alkanes of at least 4 members (excludes halogenated alkanes) is 1. The van der Waals surface area contributed by atoms with Gasteiger partial charge in [-0.3, -0.25) is 0 Å². The molecule has 1 rings (SSSR count). The number of rotatable bonds is 7. The Morgan fingerprint density at radius 2 is 2.07 bits per heavy atom. The molecule has 5 heteroatoms. The van der Waals surface area contributed by atoms with Crippen molar-refractivity contribution in [3.8, 4) is 0 Å². The number of nitrogens with one attached hydrogen (secondary N) is 1. The minimum Gasteiger partial charge on any atom is -0.380 e. The highest BCUT2D eigenvalue weighted by Crippen LogP contribution is 2.06. The molecule has 0 amide bonds. The summed E-state index contributed by atoms with van der Waals surface area (Å²) in [5.41, 5.74) is 0. The SMILES string of the molecule is CCCCOCCNc1ncc(Br)cn1. The summed E-state index contributed by atoms with van der Waals surface area (Å²) >= 11 is 3.28. The van der Waals surface area contributed by atoms with Gasteiger partial charge in [0, 0.05) is 25.5 Å². The average molecular weight is 274 g/mol. The lowest BCUT2D eigenvalue weighted by molar-refractivity contribution is 0.141. The van der Waals surface area contributed by atoms with Crippen molar-refractivity contribution < 1.29 is 4.74 Å². The first-order valence-electron chi connectivity index (χ1n) is 5.12. The van der Waals surface area contributed by atoms with Gasteiger partial charge in [0.05, 0.1) is 11.1 Å². The van der Waals surface area contributed by atoms with Crippen LogP contribution in [0.4, 0.5) is 5.95 Å². The molecule has 15 heavy (non-hydrogen) atoms. The Morgan fingerprint density at radius 3 is 2.73 bits per heavy atom. The van der Waals surface area contributed by atoms with Crippen molar-refractivity contribution in [1.82, 2.24) is 9.97 Å². The van der Waals surface area contributed by atoms with Gasteiger partial charge in [0.15, 0.2) is 0 Å². The molecule has 4 nitrogen and oxygen atoms in total. The van der Waals surface area contributed by atoms with Crippen LogP contribution < -0.4 is 5.32 Å². The maximum Gasteiger partial charge on any atom is 0.222 e. The first-order valence-corrected chi connectivity index (χ1v) is 5.91. The van der Waals surface area contributed by atoms with E-state index >= 15 is 0 Å². The lowest BCUT2D eigenvalue weighted by Crippen LogP contribution is -2.11. The van der Waals surface area contributed by atoms with E-state index < -0.39 is 0 Å². The van der Waals surface area contributed by atoms with Gasteiger partial charge in [-0.2, -0.15) is 0 Å². The fourth-order valence-electron chi connectivity index (χ4n) is 0.987. The van der Waals surface area contributed by atoms with Crippen LogP contribution in [-0.4, -0.2) is 29.7 Å². The van der Waals surface area contributed by atoms with Crippen LogP contribution in [0.15, 0.2) is 16.9 Å². The van der Waals surface area contributed by atoms with E-state index in [2.05, 4.69) is 38.1 Å². The van der Waals surface area contributed by atoms with E-state index in [4.69, 9.17) is 4.74 Å². The lowest BCUT2D eigenvalue weighted by Gasteiger charge is -2.05. The van der Waals surface area contributed by atoms with Crippen LogP contribution in [0.3, 0.4) is 0 Å². The molecule has 84 valence electrons. The Balaban J connectivity index is 2.07. The fraction of sp³-hybridized carbons (Fsp3) is 0.600. The van der Waals surface area contributed by atoms with E-state index in [1.54, 1.807) is 12.4 Å². The molecule has 0 aliphatic heterocycles. The standard InChI is InChI=1S/C10H16BrN3O/c1-2-3-5-15-6-4-12-10-13-7-9(11)8-14-10/h7-8H,2-6H2,1H3,(H,12,13,14). The minimum absolute atomic E-state index is 0.636. The number of halogens is 1. The topological polar surface area (TPSA) is 47.0 Å². The van der Waals surface area contributed by atoms with Crippen LogP contribution in [0, 0.1) is 0 Å². The van der Waals surface area contributed by atoms with Crippen molar-refractivity contribution >= 4 is 21.9 Å². The van der Waals surface area contributed by atoms with Crippen molar-refractivity contribution in [2.45, 2.75) is 19.8 Å². The predicted octanol–water partition coefficient (Wildman–Crippen LogP) is 2.47. The van der Waals surface area contributed by atoms with Crippen LogP contribution in [-0.2, 0) is 4.74 Å². The molecule has 0 aromatic carbocycles. The largest absolute Gasteiger partial charge is 0.380 e. The van der Waals surface area contributed by atoms with Gasteiger partial charge in [-0.15, -0.1) is 0 Å². The van der Waals surface area contributed by atoms with Crippen LogP contribution in [0.1, 0.15) is 19.8 Å². The summed E-state index contributed by atoms with van der Waals surface area (Å²) < 4.78 is 6.27. The Bertz CT molecular complexity index is 266. The Kier molecular flexibility index (Phi) is 6.27. The molecule has 0 radical (unpaired) electrons. The number of aromatic nitrogens is 2. The lowest BCUT2D eigenvalue weighted by atomic mass is 10.4. The predicted molar refractivity (Wildman–Crippen MR) is 63.9 cm³/mol. The number of hydrogen-bond donors (Lipinski definition) is 1. The zero-order chi connectivity index (χ0) is 10.9. The van der Waals surface area contributed by atoms with Gasteiger partial charge in [-0.05, 0) is 22.4 Å². The van der Waals surface area contributed by atoms with E-state index in [9.17, 15) is 0 Å². The average Bonchev–Trinajstić information content (AvgIpc) is 2.26. The summed E-state index contributed by atoms with van der Waals surface area (Å²) in [6.07, 6.45) is 5.72. The van der Waals surface area contributed by atoms with Crippen LogP contribution in [0.5, 0.6) is 0 Å². The summed E-state index contributed by atoms with van der Waals surface area (Å²) in [7, 11) is 0. The molecule has 1 N–H and O–H groups in total. The van der Waals surface area contributed by atoms with E-state index in [1.165, 1.54) is 6.42 Å². The van der Waals surface area contributed by atoms with Crippen molar-refractivity contribution in [2.24, 2.45) is 0 Å². The van der Waals surface area contributed by atoms with Gasteiger partial charge < -0.3 is 10.1 Å². The van der Waals surface area contributed by atoms with Gasteiger partial charge in [-0.1, -0.05) is 13.3 Å². The third-order valence-electron chi connectivity index (χ3n) is 1.79. The highest BCUT2D eigenvalue weighted by Gasteiger charge is 1.94. The summed E-state index contributed by atoms with van der Waals surface area (Å²) in [6, 6.07) is 0. The molecule has 0 fully saturated rings. The van der Waals surface area contributed by atoms with Crippen molar-refractivity contribution in [2.75, 3.05) is 25.1 Å². The number of anilines is 1. The number of ether oxygens (including phenoxy) is 1. The van der Waals surface area contributed by atoms with Gasteiger partial charge >= 0.3 is 0 Å². The van der Waals surface area contributed by atoms with Crippen molar-refractivity contribution in [3.05, 3.63) is 16.9 Å². The normalized spacial score (nSPS) is 10.3. The third-order valence-corrected chi connectivity index (χ3v) is 2.20. The Morgan fingerprint density at radius 1 is 1.33 bits per heavy atom. The zero-order valence-corrected chi connectivity index (χ0v) is 10.5. The molecule has 0 aliphatic carbocycles. The molecule has 1 aromatic heterocycles. The second-order valence-corrected chi connectivity index (χ2v) is 4.03. The van der Waals surface area contributed by atoms with Crippen LogP contribution in [0.25, 0.3) is 0 Å². The molecule has 0 unspecified atom stereocenters. The van der Waals surface area contributed by atoms with E-state index in [0.29, 0.717) is 12.6 Å². The summed E-state index contributed by atoms with van der Waals surface area (Å²) in [6.45, 7) is 4.42. The first kappa shape index (κ1) is 12.4. The second kappa shape index (κ2) is 7.59. The molecule has 0 aliphatic rings. The molecule has 0 saturated carbocycles. The summed E-state index contributed by atoms with van der Waals surface area (Å²) in [5.74, 6) is 0.636. The number of nitrogens with zero attached hydrogens (tertiary/aromatic N) is 2. The maximum absolute atomic E-state index is 5.39. The Labute approximate surface area is 98.6 Å². The Hall–Kier alpha value is -0.680.